The maximum Gasteiger partial charge on any atom is 0.251 e. The van der Waals surface area contributed by atoms with E-state index in [4.69, 9.17) is 4.74 Å². The molecule has 0 fully saturated rings. The second kappa shape index (κ2) is 9.17. The van der Waals surface area contributed by atoms with Crippen LogP contribution in [-0.2, 0) is 4.79 Å². The lowest BCUT2D eigenvalue weighted by atomic mass is 10.2. The zero-order valence-corrected chi connectivity index (χ0v) is 15.2. The molecular formula is C18H18BrFN2O3. The second-order valence-electron chi connectivity index (χ2n) is 5.40. The van der Waals surface area contributed by atoms with Gasteiger partial charge < -0.3 is 15.4 Å². The summed E-state index contributed by atoms with van der Waals surface area (Å²) in [4.78, 5) is 23.8. The summed E-state index contributed by atoms with van der Waals surface area (Å²) in [5.41, 5.74) is 0.457. The Morgan fingerprint density at radius 2 is 1.96 bits per heavy atom. The van der Waals surface area contributed by atoms with Gasteiger partial charge in [0.1, 0.15) is 6.61 Å². The minimum atomic E-state index is -0.456. The molecule has 7 heteroatoms. The van der Waals surface area contributed by atoms with E-state index in [0.717, 1.165) is 4.47 Å². The Labute approximate surface area is 153 Å². The summed E-state index contributed by atoms with van der Waals surface area (Å²) < 4.78 is 19.5. The molecule has 0 spiro atoms. The summed E-state index contributed by atoms with van der Waals surface area (Å²) in [7, 11) is 0. The van der Waals surface area contributed by atoms with Gasteiger partial charge in [-0.3, -0.25) is 9.59 Å². The average Bonchev–Trinajstić information content (AvgIpc) is 2.59. The first-order valence-electron chi connectivity index (χ1n) is 7.66. The zero-order chi connectivity index (χ0) is 18.2. The molecule has 2 aromatic rings. The van der Waals surface area contributed by atoms with Crippen LogP contribution in [0.25, 0.3) is 0 Å². The van der Waals surface area contributed by atoms with E-state index >= 15 is 0 Å². The van der Waals surface area contributed by atoms with Crippen LogP contribution in [0.15, 0.2) is 53.0 Å². The molecule has 5 nitrogen and oxygen atoms in total. The third kappa shape index (κ3) is 6.19. The maximum absolute atomic E-state index is 13.4. The lowest BCUT2D eigenvalue weighted by Gasteiger charge is -2.15. The molecule has 25 heavy (non-hydrogen) atoms. The van der Waals surface area contributed by atoms with Crippen molar-refractivity contribution in [1.82, 2.24) is 10.6 Å². The molecule has 0 aliphatic rings. The summed E-state index contributed by atoms with van der Waals surface area (Å²) in [6.07, 6.45) is 0. The summed E-state index contributed by atoms with van der Waals surface area (Å²) in [6.45, 7) is 1.69. The molecule has 132 valence electrons. The van der Waals surface area contributed by atoms with Crippen molar-refractivity contribution >= 4 is 27.7 Å². The van der Waals surface area contributed by atoms with E-state index in [1.807, 2.05) is 0 Å². The summed E-state index contributed by atoms with van der Waals surface area (Å²) in [5, 5.41) is 5.22. The smallest absolute Gasteiger partial charge is 0.251 e. The first-order valence-corrected chi connectivity index (χ1v) is 8.45. The largest absolute Gasteiger partial charge is 0.488 e. The topological polar surface area (TPSA) is 67.4 Å². The third-order valence-electron chi connectivity index (χ3n) is 3.23. The normalized spacial score (nSPS) is 11.5. The van der Waals surface area contributed by atoms with E-state index in [9.17, 15) is 14.0 Å². The number of carbonyl (C=O) groups is 2. The van der Waals surface area contributed by atoms with Crippen LogP contribution in [0, 0.1) is 5.82 Å². The van der Waals surface area contributed by atoms with Gasteiger partial charge in [0.25, 0.3) is 5.91 Å². The predicted molar refractivity (Wildman–Crippen MR) is 96.0 cm³/mol. The molecule has 0 saturated heterocycles. The molecule has 0 aliphatic carbocycles. The molecule has 0 bridgehead atoms. The van der Waals surface area contributed by atoms with Crippen molar-refractivity contribution < 1.29 is 18.7 Å². The monoisotopic (exact) mass is 408 g/mol. The highest BCUT2D eigenvalue weighted by atomic mass is 79.9. The number of amides is 2. The standard InChI is InChI=1S/C18H18BrFN2O3/c1-12(11-25-16-8-3-2-7-15(16)20)22-17(23)10-21-18(24)13-5-4-6-14(19)9-13/h2-9,12H,10-11H2,1H3,(H,21,24)(H,22,23). The van der Waals surface area contributed by atoms with Gasteiger partial charge in [0.2, 0.25) is 5.91 Å². The van der Waals surface area contributed by atoms with Gasteiger partial charge in [0.05, 0.1) is 12.6 Å². The summed E-state index contributed by atoms with van der Waals surface area (Å²) in [5.74, 6) is -1.02. The van der Waals surface area contributed by atoms with Gasteiger partial charge in [0.15, 0.2) is 11.6 Å². The molecule has 2 amide bonds. The van der Waals surface area contributed by atoms with Crippen LogP contribution in [0.5, 0.6) is 5.75 Å². The van der Waals surface area contributed by atoms with Crippen LogP contribution in [0.3, 0.4) is 0 Å². The first-order chi connectivity index (χ1) is 12.0. The Bertz CT molecular complexity index is 755. The lowest BCUT2D eigenvalue weighted by molar-refractivity contribution is -0.120. The van der Waals surface area contributed by atoms with Gasteiger partial charge in [-0.15, -0.1) is 0 Å². The molecule has 1 unspecified atom stereocenters. The minimum Gasteiger partial charge on any atom is -0.488 e. The maximum atomic E-state index is 13.4. The third-order valence-corrected chi connectivity index (χ3v) is 3.72. The number of hydrogen-bond acceptors (Lipinski definition) is 3. The van der Waals surface area contributed by atoms with Crippen LogP contribution in [-0.4, -0.2) is 31.0 Å². The highest BCUT2D eigenvalue weighted by Gasteiger charge is 2.12. The number of para-hydroxylation sites is 1. The van der Waals surface area contributed by atoms with Crippen LogP contribution in [0.4, 0.5) is 4.39 Å². The number of halogens is 2. The van der Waals surface area contributed by atoms with E-state index in [0.29, 0.717) is 5.56 Å². The molecule has 1 atom stereocenters. The summed E-state index contributed by atoms with van der Waals surface area (Å²) >= 11 is 3.28. The van der Waals surface area contributed by atoms with E-state index in [2.05, 4.69) is 26.6 Å². The van der Waals surface area contributed by atoms with Gasteiger partial charge in [-0.1, -0.05) is 34.1 Å². The zero-order valence-electron chi connectivity index (χ0n) is 13.6. The van der Waals surface area contributed by atoms with Crippen LogP contribution >= 0.6 is 15.9 Å². The molecule has 0 heterocycles. The van der Waals surface area contributed by atoms with E-state index < -0.39 is 5.82 Å². The number of ether oxygens (including phenoxy) is 1. The van der Waals surface area contributed by atoms with Gasteiger partial charge in [-0.25, -0.2) is 4.39 Å². The Morgan fingerprint density at radius 1 is 1.20 bits per heavy atom. The van der Waals surface area contributed by atoms with Crippen molar-refractivity contribution in [2.45, 2.75) is 13.0 Å². The second-order valence-corrected chi connectivity index (χ2v) is 6.32. The minimum absolute atomic E-state index is 0.117. The van der Waals surface area contributed by atoms with Crippen LogP contribution < -0.4 is 15.4 Å². The number of nitrogens with one attached hydrogen (secondary N) is 2. The lowest BCUT2D eigenvalue weighted by Crippen LogP contribution is -2.43. The highest BCUT2D eigenvalue weighted by molar-refractivity contribution is 9.10. The number of benzene rings is 2. The van der Waals surface area contributed by atoms with Gasteiger partial charge in [-0.05, 0) is 37.3 Å². The van der Waals surface area contributed by atoms with Crippen molar-refractivity contribution in [3.05, 3.63) is 64.4 Å². The quantitative estimate of drug-likeness (QED) is 0.739. The molecule has 2 N–H and O–H groups in total. The molecule has 0 aromatic heterocycles. The molecule has 2 rings (SSSR count). The predicted octanol–water partition coefficient (Wildman–Crippen LogP) is 2.90. The molecule has 0 saturated carbocycles. The summed E-state index contributed by atoms with van der Waals surface area (Å²) in [6, 6.07) is 12.6. The van der Waals surface area contributed by atoms with Crippen LogP contribution in [0.1, 0.15) is 17.3 Å². The highest BCUT2D eigenvalue weighted by Crippen LogP contribution is 2.15. The van der Waals surface area contributed by atoms with Gasteiger partial charge in [-0.2, -0.15) is 0 Å². The van der Waals surface area contributed by atoms with E-state index in [1.54, 1.807) is 43.3 Å². The Balaban J connectivity index is 1.74. The Morgan fingerprint density at radius 3 is 2.68 bits per heavy atom. The fraction of sp³-hybridized carbons (Fsp3) is 0.222. The SMILES string of the molecule is CC(COc1ccccc1F)NC(=O)CNC(=O)c1cccc(Br)c1. The number of rotatable bonds is 7. The van der Waals surface area contributed by atoms with Gasteiger partial charge in [0, 0.05) is 10.0 Å². The number of carbonyl (C=O) groups excluding carboxylic acids is 2. The molecule has 0 aliphatic heterocycles. The molecule has 0 radical (unpaired) electrons. The number of hydrogen-bond donors (Lipinski definition) is 2. The van der Waals surface area contributed by atoms with E-state index in [-0.39, 0.29) is 36.8 Å². The molecule has 2 aromatic carbocycles. The van der Waals surface area contributed by atoms with Gasteiger partial charge >= 0.3 is 0 Å². The van der Waals surface area contributed by atoms with Crippen molar-refractivity contribution in [3.8, 4) is 5.75 Å². The first kappa shape index (κ1) is 18.9. The van der Waals surface area contributed by atoms with Crippen LogP contribution in [0.2, 0.25) is 0 Å². The van der Waals surface area contributed by atoms with Crippen molar-refractivity contribution in [2.24, 2.45) is 0 Å². The Hall–Kier alpha value is -2.41. The van der Waals surface area contributed by atoms with Crippen molar-refractivity contribution in [2.75, 3.05) is 13.2 Å². The van der Waals surface area contributed by atoms with E-state index in [1.165, 1.54) is 12.1 Å². The van der Waals surface area contributed by atoms with Crippen molar-refractivity contribution in [3.63, 3.8) is 0 Å². The van der Waals surface area contributed by atoms with Crippen molar-refractivity contribution in [1.29, 1.82) is 0 Å². The molecular weight excluding hydrogens is 391 g/mol. The fourth-order valence-electron chi connectivity index (χ4n) is 2.04. The fourth-order valence-corrected chi connectivity index (χ4v) is 2.44. The average molecular weight is 409 g/mol. The Kier molecular flexibility index (Phi) is 6.94.